The van der Waals surface area contributed by atoms with Gasteiger partial charge in [-0.1, -0.05) is 39.8 Å². The number of aryl methyl sites for hydroxylation is 1. The average molecular weight is 1210 g/mol. The average Bonchev–Trinajstić information content (AvgIpc) is 3.04. The minimum atomic E-state index is -3.90. The Morgan fingerprint density at radius 2 is 1.55 bits per heavy atom. The first-order valence-corrected chi connectivity index (χ1v) is 30.3. The molecule has 26 heteroatoms. The van der Waals surface area contributed by atoms with E-state index < -0.39 is 148 Å². The van der Waals surface area contributed by atoms with Crippen molar-refractivity contribution in [1.29, 1.82) is 0 Å². The molecule has 1 aromatic heterocycles. The molecule has 1 aromatic carbocycles. The van der Waals surface area contributed by atoms with E-state index in [1.165, 1.54) is 58.4 Å². The van der Waals surface area contributed by atoms with Crippen molar-refractivity contribution in [3.05, 3.63) is 46.6 Å². The lowest BCUT2D eigenvalue weighted by Crippen LogP contribution is -2.61. The van der Waals surface area contributed by atoms with Gasteiger partial charge in [-0.25, -0.2) is 13.4 Å². The smallest absolute Gasteiger partial charge is 0.311 e. The number of Topliss-reactive ketones (excluding diaryl/α,β-unsaturated/α-hetero) is 1. The Morgan fingerprint density at radius 3 is 2.14 bits per heavy atom. The molecular weight excluding hydrogens is 1120 g/mol. The second-order valence-electron chi connectivity index (χ2n) is 23.1. The van der Waals surface area contributed by atoms with Gasteiger partial charge < -0.3 is 68.3 Å². The van der Waals surface area contributed by atoms with E-state index in [1.54, 1.807) is 66.8 Å². The molecule has 18 atom stereocenters. The number of ether oxygens (including phenoxy) is 8. The molecule has 5 heterocycles. The molecule has 2 aromatic rings. The molecule has 3 fully saturated rings. The number of rotatable bonds is 14. The van der Waals surface area contributed by atoms with Gasteiger partial charge in [0.25, 0.3) is 15.9 Å². The maximum absolute atomic E-state index is 14.3. The summed E-state index contributed by atoms with van der Waals surface area (Å²) < 4.78 is 74.6. The Balaban J connectivity index is 0.000000451. The highest BCUT2D eigenvalue weighted by Gasteiger charge is 2.54. The molecule has 0 bridgehead atoms. The van der Waals surface area contributed by atoms with Crippen LogP contribution in [0.4, 0.5) is 5.13 Å². The molecule has 6 N–H and O–H groups in total. The molecule has 0 spiro atoms. The molecule has 468 valence electrons. The predicted octanol–water partition coefficient (Wildman–Crippen LogP) is 4.63. The van der Waals surface area contributed by atoms with E-state index in [1.807, 2.05) is 32.8 Å². The van der Waals surface area contributed by atoms with Crippen molar-refractivity contribution in [3.8, 4) is 0 Å². The van der Waals surface area contributed by atoms with Crippen LogP contribution in [0.2, 0.25) is 0 Å². The standard InChI is InChI=1S/C43H75NO16.C14H13N3O4S2/c1-15-29-43(11,52)36(48)24(5)33(47)22(3)20-41(9,51)38(25(6)34(26(7)39(50)57-29)59-32-21-42(10,53-14)37(49)27(8)56-32)60-40-35(28(44(12)13)19-23(4)55-40)58-31(46)18-17-30(45)54-16-2;1-8-7-15-14(22-8)16-13(19)11-12(18)9-5-3-4-6-10(9)23(20,21)17(11)2/h22-29,32,34-38,40,48-49,51-52H,15-21H2,1-14H3;3-7,18H,1-2H3,(H,15,16,19)/t22-,23-,24+,25+,26-,27+,28+,29-,32+,34+,35-,36-,37+,38-,40+,41-,42-,43-;/m1./s1. The van der Waals surface area contributed by atoms with Crippen LogP contribution in [0.1, 0.15) is 125 Å². The number of ketones is 1. The van der Waals surface area contributed by atoms with Gasteiger partial charge in [0.15, 0.2) is 35.3 Å². The van der Waals surface area contributed by atoms with Gasteiger partial charge >= 0.3 is 17.9 Å². The first-order valence-electron chi connectivity index (χ1n) is 28.1. The van der Waals surface area contributed by atoms with Crippen LogP contribution < -0.4 is 5.32 Å². The third-order valence-electron chi connectivity index (χ3n) is 16.3. The van der Waals surface area contributed by atoms with Crippen molar-refractivity contribution in [3.63, 3.8) is 0 Å². The third-order valence-corrected chi connectivity index (χ3v) is 18.9. The molecule has 0 radical (unpaired) electrons. The number of fused-ring (bicyclic) bond motifs is 1. The minimum Gasteiger partial charge on any atom is -0.505 e. The number of amides is 1. The molecule has 0 aliphatic carbocycles. The first-order chi connectivity index (χ1) is 38.6. The molecule has 24 nitrogen and oxygen atoms in total. The Labute approximate surface area is 491 Å². The number of sulfonamides is 1. The Morgan fingerprint density at radius 1 is 0.916 bits per heavy atom. The quantitative estimate of drug-likeness (QED) is 0.111. The van der Waals surface area contributed by atoms with Gasteiger partial charge in [-0.15, -0.1) is 11.3 Å². The summed E-state index contributed by atoms with van der Waals surface area (Å²) in [6.07, 6.45) is -9.54. The van der Waals surface area contributed by atoms with E-state index >= 15 is 0 Å². The molecular formula is C57H88N4O20S2. The lowest BCUT2D eigenvalue weighted by molar-refractivity contribution is -0.319. The number of nitrogens with one attached hydrogen (secondary N) is 1. The van der Waals surface area contributed by atoms with Crippen LogP contribution in [0, 0.1) is 30.6 Å². The number of likely N-dealkylation sites (N-methyl/N-ethyl adjacent to an activating group) is 2. The van der Waals surface area contributed by atoms with Crippen molar-refractivity contribution in [2.45, 2.75) is 211 Å². The molecule has 3 saturated heterocycles. The van der Waals surface area contributed by atoms with Crippen LogP contribution in [0.25, 0.3) is 5.76 Å². The molecule has 4 aliphatic rings. The lowest BCUT2D eigenvalue weighted by atomic mass is 9.74. The van der Waals surface area contributed by atoms with E-state index in [0.717, 1.165) is 9.18 Å². The van der Waals surface area contributed by atoms with E-state index in [2.05, 4.69) is 10.3 Å². The fourth-order valence-corrected chi connectivity index (χ4v) is 13.5. The number of anilines is 1. The maximum Gasteiger partial charge on any atom is 0.311 e. The lowest BCUT2D eigenvalue weighted by Gasteiger charge is -2.49. The number of cyclic esters (lactones) is 1. The summed E-state index contributed by atoms with van der Waals surface area (Å²) in [7, 11) is 2.42. The monoisotopic (exact) mass is 1210 g/mol. The normalized spacial score (nSPS) is 36.2. The molecule has 0 saturated carbocycles. The highest BCUT2D eigenvalue weighted by molar-refractivity contribution is 7.89. The van der Waals surface area contributed by atoms with Crippen molar-refractivity contribution < 1.29 is 95.8 Å². The fraction of sp³-hybridized carbons (Fsp3) is 0.719. The van der Waals surface area contributed by atoms with Crippen LogP contribution in [-0.2, 0) is 71.9 Å². The first kappa shape index (κ1) is 69.1. The third kappa shape index (κ3) is 15.8. The zero-order valence-corrected chi connectivity index (χ0v) is 52.1. The maximum atomic E-state index is 14.3. The molecule has 83 heavy (non-hydrogen) atoms. The second-order valence-corrected chi connectivity index (χ2v) is 26.3. The van der Waals surface area contributed by atoms with E-state index in [-0.39, 0.29) is 60.6 Å². The van der Waals surface area contributed by atoms with Crippen molar-refractivity contribution >= 4 is 61.8 Å². The summed E-state index contributed by atoms with van der Waals surface area (Å²) in [4.78, 5) is 72.9. The second kappa shape index (κ2) is 28.2. The predicted molar refractivity (Wildman–Crippen MR) is 302 cm³/mol. The van der Waals surface area contributed by atoms with Gasteiger partial charge in [-0.3, -0.25) is 33.6 Å². The van der Waals surface area contributed by atoms with Gasteiger partial charge in [0.1, 0.15) is 23.6 Å². The molecule has 4 aliphatic heterocycles. The van der Waals surface area contributed by atoms with Crippen molar-refractivity contribution in [2.75, 3.05) is 40.2 Å². The number of hydrogen-bond acceptors (Lipinski definition) is 23. The van der Waals surface area contributed by atoms with E-state index in [4.69, 9.17) is 37.9 Å². The number of esters is 3. The number of aliphatic hydroxyl groups is 5. The zero-order chi connectivity index (χ0) is 62.4. The molecule has 6 rings (SSSR count). The number of thiazole rings is 1. The summed E-state index contributed by atoms with van der Waals surface area (Å²) in [5, 5.41) is 60.0. The van der Waals surface area contributed by atoms with Crippen LogP contribution >= 0.6 is 11.3 Å². The highest BCUT2D eigenvalue weighted by atomic mass is 32.2. The van der Waals surface area contributed by atoms with E-state index in [0.29, 0.717) is 11.6 Å². The van der Waals surface area contributed by atoms with E-state index in [9.17, 15) is 57.9 Å². The van der Waals surface area contributed by atoms with Gasteiger partial charge in [0, 0.05) is 55.0 Å². The van der Waals surface area contributed by atoms with Gasteiger partial charge in [0.2, 0.25) is 0 Å². The Kier molecular flexibility index (Phi) is 23.5. The summed E-state index contributed by atoms with van der Waals surface area (Å²) in [5.41, 5.74) is -5.29. The van der Waals surface area contributed by atoms with Crippen molar-refractivity contribution in [2.24, 2.45) is 23.7 Å². The van der Waals surface area contributed by atoms with Crippen molar-refractivity contribution in [1.82, 2.24) is 14.2 Å². The number of benzene rings is 1. The zero-order valence-electron chi connectivity index (χ0n) is 50.5. The van der Waals surface area contributed by atoms with Crippen LogP contribution in [-0.4, -0.2) is 197 Å². The number of carbonyl (C=O) groups excluding carboxylic acids is 5. The number of aromatic nitrogens is 1. The highest BCUT2D eigenvalue weighted by Crippen LogP contribution is 2.42. The number of methoxy groups -OCH3 is 1. The fourth-order valence-electron chi connectivity index (χ4n) is 11.4. The number of aliphatic hydroxyl groups excluding tert-OH is 3. The topological polar surface area (TPSA) is 326 Å². The minimum absolute atomic E-state index is 0.0401. The van der Waals surface area contributed by atoms with Crippen LogP contribution in [0.15, 0.2) is 41.1 Å². The van der Waals surface area contributed by atoms with Gasteiger partial charge in [-0.2, -0.15) is 0 Å². The summed E-state index contributed by atoms with van der Waals surface area (Å²) >= 11 is 1.25. The van der Waals surface area contributed by atoms with Gasteiger partial charge in [0.05, 0.1) is 78.0 Å². The summed E-state index contributed by atoms with van der Waals surface area (Å²) in [6, 6.07) is 5.55. The molecule has 1 amide bonds. The molecule has 0 unspecified atom stereocenters. The number of hydrogen-bond donors (Lipinski definition) is 6. The SMILES string of the molecule is CCOC(=O)CCC(=O)O[C@H]1[C@H](O[C@@H]2[C@@H](C)[C@H](O[C@H]3C[C@@](C)(OC)[C@@H](O)[C@H](C)O3)[C@@H](C)C(=O)O[C@H](CC)[C@@](C)(O)[C@H](O)[C@@H](C)C(=O)[C@H](C)C[C@@]2(C)O)O[C@H](C)C[C@@H]1N(C)C.Cc1cnc(NC(=O)C2=C(O)c3ccccc3S(=O)(=O)N2C)s1. The summed E-state index contributed by atoms with van der Waals surface area (Å²) in [5.74, 6) is -7.77. The van der Waals surface area contributed by atoms with Crippen LogP contribution in [0.5, 0.6) is 0 Å². The summed E-state index contributed by atoms with van der Waals surface area (Å²) in [6.45, 7) is 19.7. The largest absolute Gasteiger partial charge is 0.505 e. The number of carbonyl (C=O) groups is 5. The number of nitrogens with zero attached hydrogens (tertiary/aromatic N) is 3. The van der Waals surface area contributed by atoms with Crippen LogP contribution in [0.3, 0.4) is 0 Å². The Hall–Kier alpha value is -4.71. The van der Waals surface area contributed by atoms with Gasteiger partial charge in [-0.05, 0) is 101 Å². The Bertz CT molecular complexity index is 2740.